The summed E-state index contributed by atoms with van der Waals surface area (Å²) in [5.74, 6) is 0.126. The van der Waals surface area contributed by atoms with Crippen molar-refractivity contribution in [1.82, 2.24) is 10.2 Å². The fourth-order valence-corrected chi connectivity index (χ4v) is 5.25. The maximum atomic E-state index is 13.0. The average molecular weight is 492 g/mol. The van der Waals surface area contributed by atoms with E-state index in [1.165, 1.54) is 24.4 Å². The topological polar surface area (TPSA) is 80.2 Å². The summed E-state index contributed by atoms with van der Waals surface area (Å²) in [6, 6.07) is 17.1. The second kappa shape index (κ2) is 11.3. The predicted octanol–water partition coefficient (Wildman–Crippen LogP) is 4.58. The van der Waals surface area contributed by atoms with Crippen LogP contribution in [0, 0.1) is 0 Å². The molecule has 1 N–H and O–H groups in total. The van der Waals surface area contributed by atoms with Gasteiger partial charge in [-0.25, -0.2) is 9.79 Å². The second-order valence-corrected chi connectivity index (χ2v) is 8.94. The highest BCUT2D eigenvalue weighted by molar-refractivity contribution is 8.16. The molecule has 1 amide bonds. The van der Waals surface area contributed by atoms with E-state index < -0.39 is 12.0 Å². The predicted molar refractivity (Wildman–Crippen MR) is 138 cm³/mol. The lowest BCUT2D eigenvalue weighted by Crippen LogP contribution is -2.38. The largest absolute Gasteiger partial charge is 0.496 e. The molecule has 0 saturated heterocycles. The van der Waals surface area contributed by atoms with Gasteiger partial charge in [-0.05, 0) is 29.9 Å². The first-order valence-corrected chi connectivity index (χ1v) is 12.4. The minimum Gasteiger partial charge on any atom is -0.496 e. The number of esters is 1. The van der Waals surface area contributed by atoms with Crippen LogP contribution in [0.4, 0.5) is 0 Å². The fraction of sp³-hybridized carbons (Fsp3) is 0.296. The zero-order valence-electron chi connectivity index (χ0n) is 20.1. The molecule has 0 radical (unpaired) electrons. The molecule has 0 bridgehead atoms. The first-order chi connectivity index (χ1) is 17.1. The van der Waals surface area contributed by atoms with E-state index in [1.807, 2.05) is 71.8 Å². The highest BCUT2D eigenvalue weighted by Crippen LogP contribution is 2.47. The Morgan fingerprint density at radius 1 is 1.09 bits per heavy atom. The van der Waals surface area contributed by atoms with Crippen molar-refractivity contribution in [3.63, 3.8) is 0 Å². The molecule has 0 aliphatic carbocycles. The van der Waals surface area contributed by atoms with Gasteiger partial charge < -0.3 is 19.7 Å². The number of hydrogen-bond donors (Lipinski definition) is 1. The molecule has 35 heavy (non-hydrogen) atoms. The van der Waals surface area contributed by atoms with Gasteiger partial charge in [0.2, 0.25) is 5.91 Å². The van der Waals surface area contributed by atoms with Gasteiger partial charge in [0.25, 0.3) is 0 Å². The van der Waals surface area contributed by atoms with E-state index in [9.17, 15) is 9.59 Å². The lowest BCUT2D eigenvalue weighted by Gasteiger charge is -2.37. The number of hydrogen-bond acceptors (Lipinski definition) is 7. The van der Waals surface area contributed by atoms with E-state index in [2.05, 4.69) is 5.32 Å². The van der Waals surface area contributed by atoms with Crippen LogP contribution in [-0.2, 0) is 20.7 Å². The van der Waals surface area contributed by atoms with Crippen molar-refractivity contribution in [3.8, 4) is 5.75 Å². The van der Waals surface area contributed by atoms with Crippen LogP contribution in [-0.4, -0.2) is 42.7 Å². The van der Waals surface area contributed by atoms with Crippen molar-refractivity contribution in [3.05, 3.63) is 88.1 Å². The van der Waals surface area contributed by atoms with Gasteiger partial charge in [0, 0.05) is 17.8 Å². The molecule has 7 nitrogen and oxygen atoms in total. The maximum Gasteiger partial charge on any atom is 0.338 e. The Balaban J connectivity index is 1.60. The first kappa shape index (κ1) is 24.6. The molecule has 182 valence electrons. The van der Waals surface area contributed by atoms with E-state index in [0.29, 0.717) is 30.0 Å². The summed E-state index contributed by atoms with van der Waals surface area (Å²) in [6.45, 7) is 2.51. The minimum atomic E-state index is -0.514. The maximum absolute atomic E-state index is 13.0. The standard InChI is InChI=1S/C27H29N3O4S/c1-4-21-24(26(32)34-3)25(20-12-8-9-13-22(20)33-2)30-19(17-35-27(30)29-21)16-23(31)28-15-14-18-10-6-5-7-11-18/h5-13,17,25H,4,14-16H2,1-3H3,(H,28,31)/t25-/m0/s1. The number of carbonyl (C=O) groups is 2. The molecule has 2 aliphatic rings. The van der Waals surface area contributed by atoms with Crippen LogP contribution in [0.3, 0.4) is 0 Å². The van der Waals surface area contributed by atoms with Crippen molar-refractivity contribution < 1.29 is 19.1 Å². The number of nitrogens with one attached hydrogen (secondary N) is 1. The van der Waals surface area contributed by atoms with E-state index in [1.54, 1.807) is 7.11 Å². The molecule has 8 heteroatoms. The van der Waals surface area contributed by atoms with E-state index in [0.717, 1.165) is 22.8 Å². The van der Waals surface area contributed by atoms with E-state index >= 15 is 0 Å². The molecule has 0 saturated carbocycles. The number of methoxy groups -OCH3 is 2. The van der Waals surface area contributed by atoms with Gasteiger partial charge in [-0.1, -0.05) is 67.2 Å². The molecular formula is C27H29N3O4S. The number of para-hydroxylation sites is 1. The zero-order chi connectivity index (χ0) is 24.8. The van der Waals surface area contributed by atoms with Crippen molar-refractivity contribution in [1.29, 1.82) is 0 Å². The minimum absolute atomic E-state index is 0.0855. The zero-order valence-corrected chi connectivity index (χ0v) is 20.9. The van der Waals surface area contributed by atoms with Crippen LogP contribution in [0.1, 0.15) is 36.9 Å². The number of fused-ring (bicyclic) bond motifs is 1. The summed E-state index contributed by atoms with van der Waals surface area (Å²) in [6.07, 6.45) is 1.50. The number of nitrogens with zero attached hydrogens (tertiary/aromatic N) is 2. The summed E-state index contributed by atoms with van der Waals surface area (Å²) in [7, 11) is 2.98. The third-order valence-corrected chi connectivity index (χ3v) is 6.87. The lowest BCUT2D eigenvalue weighted by atomic mass is 9.92. The number of thioether (sulfide) groups is 1. The molecular weight excluding hydrogens is 462 g/mol. The molecule has 1 atom stereocenters. The van der Waals surface area contributed by atoms with Gasteiger partial charge in [0.05, 0.1) is 38.0 Å². The monoisotopic (exact) mass is 491 g/mol. The van der Waals surface area contributed by atoms with Crippen molar-refractivity contribution >= 4 is 28.8 Å². The summed E-state index contributed by atoms with van der Waals surface area (Å²) in [5.41, 5.74) is 3.89. The summed E-state index contributed by atoms with van der Waals surface area (Å²) in [4.78, 5) is 32.6. The highest BCUT2D eigenvalue weighted by atomic mass is 32.2. The molecule has 2 heterocycles. The van der Waals surface area contributed by atoms with Crippen LogP contribution < -0.4 is 10.1 Å². The van der Waals surface area contributed by atoms with Crippen LogP contribution >= 0.6 is 11.8 Å². The molecule has 0 spiro atoms. The Morgan fingerprint density at radius 3 is 2.54 bits per heavy atom. The summed E-state index contributed by atoms with van der Waals surface area (Å²) >= 11 is 1.46. The quantitative estimate of drug-likeness (QED) is 0.517. The molecule has 0 fully saturated rings. The Hall–Kier alpha value is -3.52. The van der Waals surface area contributed by atoms with Crippen molar-refractivity contribution in [2.45, 2.75) is 32.2 Å². The van der Waals surface area contributed by atoms with Crippen LogP contribution in [0.2, 0.25) is 0 Å². The van der Waals surface area contributed by atoms with Gasteiger partial charge in [-0.3, -0.25) is 4.79 Å². The molecule has 4 rings (SSSR count). The molecule has 2 aliphatic heterocycles. The third kappa shape index (κ3) is 5.27. The van der Waals surface area contributed by atoms with Crippen molar-refractivity contribution in [2.75, 3.05) is 20.8 Å². The molecule has 0 aromatic heterocycles. The SMILES string of the molecule is CCC1=C(C(=O)OC)[C@H](c2ccccc2OC)N2C(CC(=O)NCCc3ccccc3)=CSC2=N1. The second-order valence-electron chi connectivity index (χ2n) is 8.10. The number of aliphatic imine (C=N–C) groups is 1. The highest BCUT2D eigenvalue weighted by Gasteiger charge is 2.42. The van der Waals surface area contributed by atoms with Crippen LogP contribution in [0.15, 0.2) is 82.0 Å². The number of amidine groups is 1. The fourth-order valence-electron chi connectivity index (χ4n) is 4.32. The Kier molecular flexibility index (Phi) is 7.92. The Bertz CT molecular complexity index is 1190. The number of rotatable bonds is 9. The smallest absolute Gasteiger partial charge is 0.338 e. The van der Waals surface area contributed by atoms with Gasteiger partial charge in [-0.15, -0.1) is 0 Å². The van der Waals surface area contributed by atoms with Crippen molar-refractivity contribution in [2.24, 2.45) is 4.99 Å². The van der Waals surface area contributed by atoms with Gasteiger partial charge in [0.15, 0.2) is 5.17 Å². The normalized spacial score (nSPS) is 16.9. The molecule has 0 unspecified atom stereocenters. The van der Waals surface area contributed by atoms with Gasteiger partial charge >= 0.3 is 5.97 Å². The number of amides is 1. The molecule has 2 aromatic rings. The number of allylic oxidation sites excluding steroid dienone is 1. The average Bonchev–Trinajstić information content (AvgIpc) is 3.29. The lowest BCUT2D eigenvalue weighted by molar-refractivity contribution is -0.136. The van der Waals surface area contributed by atoms with Gasteiger partial charge in [0.1, 0.15) is 5.75 Å². The van der Waals surface area contributed by atoms with E-state index in [4.69, 9.17) is 14.5 Å². The number of ether oxygens (including phenoxy) is 2. The first-order valence-electron chi connectivity index (χ1n) is 11.6. The number of carbonyl (C=O) groups excluding carboxylic acids is 2. The Labute approximate surface area is 209 Å². The Morgan fingerprint density at radius 2 is 1.83 bits per heavy atom. The summed E-state index contributed by atoms with van der Waals surface area (Å²) < 4.78 is 10.8. The van der Waals surface area contributed by atoms with Crippen LogP contribution in [0.5, 0.6) is 5.75 Å². The third-order valence-electron chi connectivity index (χ3n) is 5.98. The number of benzene rings is 2. The van der Waals surface area contributed by atoms with Crippen LogP contribution in [0.25, 0.3) is 0 Å². The van der Waals surface area contributed by atoms with E-state index in [-0.39, 0.29) is 12.3 Å². The molecule has 2 aromatic carbocycles. The van der Waals surface area contributed by atoms with Gasteiger partial charge in [-0.2, -0.15) is 0 Å². The summed E-state index contributed by atoms with van der Waals surface area (Å²) in [5, 5.41) is 5.68.